The van der Waals surface area contributed by atoms with E-state index in [1.54, 1.807) is 12.3 Å². The smallest absolute Gasteiger partial charge is 0.153 e. The number of aldehydes is 1. The minimum Gasteiger partial charge on any atom is -0.355 e. The molecule has 80 valence electrons. The van der Waals surface area contributed by atoms with Crippen molar-refractivity contribution in [1.29, 1.82) is 0 Å². The van der Waals surface area contributed by atoms with Gasteiger partial charge in [-0.2, -0.15) is 11.8 Å². The molecule has 1 aliphatic heterocycles. The average Bonchev–Trinajstić information content (AvgIpc) is 2.77. The molecular formula is C11H14N2OS. The molecule has 1 aliphatic rings. The Labute approximate surface area is 93.9 Å². The van der Waals surface area contributed by atoms with Gasteiger partial charge in [0.05, 0.1) is 5.56 Å². The van der Waals surface area contributed by atoms with Crippen LogP contribution in [0.2, 0.25) is 0 Å². The van der Waals surface area contributed by atoms with Gasteiger partial charge in [-0.25, -0.2) is 4.98 Å². The Balaban J connectivity index is 2.19. The average molecular weight is 222 g/mol. The summed E-state index contributed by atoms with van der Waals surface area (Å²) in [6, 6.07) is 3.62. The highest BCUT2D eigenvalue weighted by Gasteiger charge is 2.23. The molecule has 2 heterocycles. The molecule has 15 heavy (non-hydrogen) atoms. The van der Waals surface area contributed by atoms with Gasteiger partial charge >= 0.3 is 0 Å². The monoisotopic (exact) mass is 222 g/mol. The lowest BCUT2D eigenvalue weighted by atomic mass is 10.2. The number of rotatable bonds is 3. The second kappa shape index (κ2) is 4.66. The van der Waals surface area contributed by atoms with Crippen molar-refractivity contribution in [2.45, 2.75) is 11.7 Å². The lowest BCUT2D eigenvalue weighted by Crippen LogP contribution is -2.22. The summed E-state index contributed by atoms with van der Waals surface area (Å²) in [5, 5.41) is 0.673. The van der Waals surface area contributed by atoms with Crippen molar-refractivity contribution in [3.63, 3.8) is 0 Å². The van der Waals surface area contributed by atoms with Gasteiger partial charge in [-0.3, -0.25) is 4.79 Å². The fraction of sp³-hybridized carbons (Fsp3) is 0.455. The summed E-state index contributed by atoms with van der Waals surface area (Å²) >= 11 is 1.89. The molecular weight excluding hydrogens is 208 g/mol. The van der Waals surface area contributed by atoms with E-state index in [-0.39, 0.29) is 0 Å². The third-order valence-electron chi connectivity index (χ3n) is 2.72. The van der Waals surface area contributed by atoms with Crippen LogP contribution in [0.25, 0.3) is 0 Å². The second-order valence-electron chi connectivity index (χ2n) is 3.63. The van der Waals surface area contributed by atoms with Crippen LogP contribution in [-0.4, -0.2) is 35.9 Å². The van der Waals surface area contributed by atoms with Crippen LogP contribution in [0.15, 0.2) is 18.3 Å². The Morgan fingerprint density at radius 3 is 3.20 bits per heavy atom. The topological polar surface area (TPSA) is 33.2 Å². The van der Waals surface area contributed by atoms with Gasteiger partial charge in [0.1, 0.15) is 5.82 Å². The molecule has 4 heteroatoms. The van der Waals surface area contributed by atoms with Crippen molar-refractivity contribution in [2.24, 2.45) is 0 Å². The van der Waals surface area contributed by atoms with Crippen LogP contribution in [0.3, 0.4) is 0 Å². The summed E-state index contributed by atoms with van der Waals surface area (Å²) in [4.78, 5) is 17.3. The van der Waals surface area contributed by atoms with E-state index in [1.807, 2.05) is 17.8 Å². The lowest BCUT2D eigenvalue weighted by molar-refractivity contribution is 0.112. The molecule has 1 saturated heterocycles. The molecule has 1 aromatic heterocycles. The number of anilines is 1. The standard InChI is InChI=1S/C11H14N2OS/c1-15-10-4-6-13(7-10)11-9(8-14)3-2-5-12-11/h2-3,5,8,10H,4,6-7H2,1H3. The Morgan fingerprint density at radius 2 is 2.53 bits per heavy atom. The summed E-state index contributed by atoms with van der Waals surface area (Å²) in [6.45, 7) is 2.00. The molecule has 0 radical (unpaired) electrons. The Bertz CT molecular complexity index is 356. The first-order chi connectivity index (χ1) is 7.35. The van der Waals surface area contributed by atoms with Crippen molar-refractivity contribution in [1.82, 2.24) is 4.98 Å². The van der Waals surface area contributed by atoms with Crippen LogP contribution in [0.4, 0.5) is 5.82 Å². The maximum atomic E-state index is 10.9. The van der Waals surface area contributed by atoms with Crippen molar-refractivity contribution in [3.8, 4) is 0 Å². The third-order valence-corrected chi connectivity index (χ3v) is 3.77. The fourth-order valence-electron chi connectivity index (χ4n) is 1.88. The van der Waals surface area contributed by atoms with E-state index in [2.05, 4.69) is 16.1 Å². The largest absolute Gasteiger partial charge is 0.355 e. The summed E-state index contributed by atoms with van der Waals surface area (Å²) in [5.74, 6) is 0.837. The van der Waals surface area contributed by atoms with Crippen molar-refractivity contribution in [2.75, 3.05) is 24.2 Å². The minimum atomic E-state index is 0.673. The fourth-order valence-corrected chi connectivity index (χ4v) is 2.55. The van der Waals surface area contributed by atoms with Crippen molar-refractivity contribution in [3.05, 3.63) is 23.9 Å². The van der Waals surface area contributed by atoms with Crippen LogP contribution in [0.5, 0.6) is 0 Å². The van der Waals surface area contributed by atoms with Gasteiger partial charge in [0, 0.05) is 24.5 Å². The predicted octanol–water partition coefficient (Wildman–Crippen LogP) is 1.84. The zero-order valence-electron chi connectivity index (χ0n) is 8.72. The Kier molecular flexibility index (Phi) is 3.26. The van der Waals surface area contributed by atoms with Crippen molar-refractivity contribution >= 4 is 23.9 Å². The SMILES string of the molecule is CSC1CCN(c2ncccc2C=O)C1. The summed E-state index contributed by atoms with van der Waals surface area (Å²) in [7, 11) is 0. The molecule has 3 nitrogen and oxygen atoms in total. The van der Waals surface area contributed by atoms with Gasteiger partial charge in [-0.1, -0.05) is 0 Å². The molecule has 2 rings (SSSR count). The first-order valence-electron chi connectivity index (χ1n) is 5.03. The maximum Gasteiger partial charge on any atom is 0.153 e. The van der Waals surface area contributed by atoms with Crippen molar-refractivity contribution < 1.29 is 4.79 Å². The number of aromatic nitrogens is 1. The molecule has 1 unspecified atom stereocenters. The van der Waals surface area contributed by atoms with E-state index in [4.69, 9.17) is 0 Å². The number of hydrogen-bond acceptors (Lipinski definition) is 4. The van der Waals surface area contributed by atoms with E-state index < -0.39 is 0 Å². The highest BCUT2D eigenvalue weighted by molar-refractivity contribution is 7.99. The van der Waals surface area contributed by atoms with Gasteiger partial charge in [-0.05, 0) is 24.8 Å². The molecule has 0 N–H and O–H groups in total. The number of carbonyl (C=O) groups is 1. The normalized spacial score (nSPS) is 20.6. The Hall–Kier alpha value is -1.03. The van der Waals surface area contributed by atoms with Crippen LogP contribution in [0.1, 0.15) is 16.8 Å². The molecule has 0 amide bonds. The molecule has 1 atom stereocenters. The van der Waals surface area contributed by atoms with Gasteiger partial charge < -0.3 is 4.90 Å². The molecule has 1 aromatic rings. The summed E-state index contributed by atoms with van der Waals surface area (Å²) < 4.78 is 0. The second-order valence-corrected chi connectivity index (χ2v) is 4.76. The van der Waals surface area contributed by atoms with Crippen LogP contribution in [0, 0.1) is 0 Å². The number of pyridine rings is 1. The summed E-state index contributed by atoms with van der Waals surface area (Å²) in [5.41, 5.74) is 0.694. The molecule has 0 aliphatic carbocycles. The zero-order chi connectivity index (χ0) is 10.7. The van der Waals surface area contributed by atoms with E-state index in [0.717, 1.165) is 25.2 Å². The van der Waals surface area contributed by atoms with E-state index in [1.165, 1.54) is 6.42 Å². The maximum absolute atomic E-state index is 10.9. The number of hydrogen-bond donors (Lipinski definition) is 0. The van der Waals surface area contributed by atoms with E-state index in [0.29, 0.717) is 10.8 Å². The van der Waals surface area contributed by atoms with E-state index in [9.17, 15) is 4.79 Å². The first kappa shape index (κ1) is 10.5. The van der Waals surface area contributed by atoms with Gasteiger partial charge in [0.15, 0.2) is 6.29 Å². The highest BCUT2D eigenvalue weighted by atomic mass is 32.2. The number of carbonyl (C=O) groups excluding carboxylic acids is 1. The molecule has 0 aromatic carbocycles. The molecule has 0 bridgehead atoms. The van der Waals surface area contributed by atoms with Crippen LogP contribution >= 0.6 is 11.8 Å². The van der Waals surface area contributed by atoms with Crippen LogP contribution in [-0.2, 0) is 0 Å². The number of nitrogens with zero attached hydrogens (tertiary/aromatic N) is 2. The minimum absolute atomic E-state index is 0.673. The van der Waals surface area contributed by atoms with Gasteiger partial charge in [0.25, 0.3) is 0 Å². The Morgan fingerprint density at radius 1 is 1.67 bits per heavy atom. The molecule has 0 saturated carbocycles. The number of thioether (sulfide) groups is 1. The lowest BCUT2D eigenvalue weighted by Gasteiger charge is -2.18. The highest BCUT2D eigenvalue weighted by Crippen LogP contribution is 2.25. The molecule has 0 spiro atoms. The summed E-state index contributed by atoms with van der Waals surface area (Å²) in [6.07, 6.45) is 5.94. The van der Waals surface area contributed by atoms with Gasteiger partial charge in [0.2, 0.25) is 0 Å². The molecule has 1 fully saturated rings. The third kappa shape index (κ3) is 2.15. The van der Waals surface area contributed by atoms with Crippen LogP contribution < -0.4 is 4.90 Å². The zero-order valence-corrected chi connectivity index (χ0v) is 9.54. The van der Waals surface area contributed by atoms with E-state index >= 15 is 0 Å². The quantitative estimate of drug-likeness (QED) is 0.731. The first-order valence-corrected chi connectivity index (χ1v) is 6.32. The predicted molar refractivity (Wildman–Crippen MR) is 63.8 cm³/mol. The van der Waals surface area contributed by atoms with Gasteiger partial charge in [-0.15, -0.1) is 0 Å².